The molecule has 2 unspecified atom stereocenters. The molecule has 2 rings (SSSR count). The molecule has 7 heteroatoms. The fraction of sp³-hybridized carbons (Fsp3) is 0.643. The molecule has 2 heterocycles. The van der Waals surface area contributed by atoms with Gasteiger partial charge in [0.05, 0.1) is 12.7 Å². The Labute approximate surface area is 126 Å². The molecule has 1 aliphatic heterocycles. The van der Waals surface area contributed by atoms with Crippen LogP contribution in [0.2, 0.25) is 0 Å². The number of anilines is 1. The van der Waals surface area contributed by atoms with Crippen LogP contribution in [0.1, 0.15) is 27.2 Å². The summed E-state index contributed by atoms with van der Waals surface area (Å²) in [6, 6.07) is 3.19. The average molecular weight is 313 g/mol. The predicted molar refractivity (Wildman–Crippen MR) is 81.8 cm³/mol. The second-order valence-electron chi connectivity index (χ2n) is 5.19. The monoisotopic (exact) mass is 313 g/mol. The molecule has 0 saturated carbocycles. The van der Waals surface area contributed by atoms with Crippen molar-refractivity contribution in [1.82, 2.24) is 9.29 Å². The molecule has 1 aromatic heterocycles. The van der Waals surface area contributed by atoms with Gasteiger partial charge in [-0.2, -0.15) is 4.31 Å². The van der Waals surface area contributed by atoms with Crippen LogP contribution >= 0.6 is 0 Å². The quantitative estimate of drug-likeness (QED) is 0.896. The molecule has 1 aromatic rings. The zero-order chi connectivity index (χ0) is 15.5. The summed E-state index contributed by atoms with van der Waals surface area (Å²) in [5.41, 5.74) is 0. The van der Waals surface area contributed by atoms with Crippen molar-refractivity contribution in [3.8, 4) is 0 Å². The van der Waals surface area contributed by atoms with Crippen molar-refractivity contribution in [2.75, 3.05) is 25.0 Å². The van der Waals surface area contributed by atoms with E-state index < -0.39 is 10.0 Å². The summed E-state index contributed by atoms with van der Waals surface area (Å²) in [4.78, 5) is 4.38. The van der Waals surface area contributed by atoms with Crippen LogP contribution < -0.4 is 5.32 Å². The highest BCUT2D eigenvalue weighted by Gasteiger charge is 2.35. The first kappa shape index (κ1) is 16.2. The van der Waals surface area contributed by atoms with E-state index in [1.165, 1.54) is 6.20 Å². The highest BCUT2D eigenvalue weighted by molar-refractivity contribution is 7.89. The minimum Gasteiger partial charge on any atom is -0.375 e. The standard InChI is InChI=1S/C14H23N3O3S/c1-4-12-10-20-11(3)9-17(12)21(18,19)13-6-7-14(15-5-2)16-8-13/h6-8,11-12H,4-5,9-10H2,1-3H3,(H,15,16). The van der Waals surface area contributed by atoms with Gasteiger partial charge in [-0.05, 0) is 32.4 Å². The van der Waals surface area contributed by atoms with Crippen molar-refractivity contribution in [2.24, 2.45) is 0 Å². The third kappa shape index (κ3) is 3.53. The van der Waals surface area contributed by atoms with E-state index in [9.17, 15) is 8.42 Å². The summed E-state index contributed by atoms with van der Waals surface area (Å²) in [7, 11) is -3.52. The lowest BCUT2D eigenvalue weighted by Gasteiger charge is -2.37. The molecule has 6 nitrogen and oxygen atoms in total. The number of ether oxygens (including phenoxy) is 1. The molecule has 0 radical (unpaired) electrons. The van der Waals surface area contributed by atoms with Crippen molar-refractivity contribution >= 4 is 15.8 Å². The lowest BCUT2D eigenvalue weighted by Crippen LogP contribution is -2.51. The third-order valence-corrected chi connectivity index (χ3v) is 5.49. The average Bonchev–Trinajstić information content (AvgIpc) is 2.48. The number of aromatic nitrogens is 1. The van der Waals surface area contributed by atoms with Gasteiger partial charge in [-0.15, -0.1) is 0 Å². The Morgan fingerprint density at radius 2 is 2.19 bits per heavy atom. The summed E-state index contributed by atoms with van der Waals surface area (Å²) in [5.74, 6) is 0.679. The minimum absolute atomic E-state index is 0.0865. The molecule has 1 aliphatic rings. The van der Waals surface area contributed by atoms with Crippen LogP contribution in [-0.2, 0) is 14.8 Å². The van der Waals surface area contributed by atoms with Crippen LogP contribution in [0.5, 0.6) is 0 Å². The Morgan fingerprint density at radius 3 is 2.76 bits per heavy atom. The summed E-state index contributed by atoms with van der Waals surface area (Å²) < 4.78 is 32.7. The predicted octanol–water partition coefficient (Wildman–Crippen LogP) is 1.70. The second-order valence-corrected chi connectivity index (χ2v) is 7.08. The fourth-order valence-corrected chi connectivity index (χ4v) is 4.09. The fourth-order valence-electron chi connectivity index (χ4n) is 2.38. The van der Waals surface area contributed by atoms with Gasteiger partial charge < -0.3 is 10.1 Å². The Kier molecular flexibility index (Phi) is 5.18. The van der Waals surface area contributed by atoms with E-state index in [1.807, 2.05) is 20.8 Å². The van der Waals surface area contributed by atoms with E-state index in [0.29, 0.717) is 19.0 Å². The maximum atomic E-state index is 12.8. The molecule has 1 N–H and O–H groups in total. The Bertz CT molecular complexity index is 559. The number of rotatable bonds is 5. The summed E-state index contributed by atoms with van der Waals surface area (Å²) in [5, 5.41) is 3.05. The van der Waals surface area contributed by atoms with Crippen molar-refractivity contribution in [3.05, 3.63) is 18.3 Å². The van der Waals surface area contributed by atoms with Crippen LogP contribution in [0.25, 0.3) is 0 Å². The maximum absolute atomic E-state index is 12.8. The lowest BCUT2D eigenvalue weighted by molar-refractivity contribution is -0.0230. The van der Waals surface area contributed by atoms with E-state index in [1.54, 1.807) is 16.4 Å². The molecule has 2 atom stereocenters. The van der Waals surface area contributed by atoms with E-state index in [2.05, 4.69) is 10.3 Å². The Morgan fingerprint density at radius 1 is 1.43 bits per heavy atom. The van der Waals surface area contributed by atoms with Gasteiger partial charge in [0.2, 0.25) is 10.0 Å². The van der Waals surface area contributed by atoms with Crippen molar-refractivity contribution < 1.29 is 13.2 Å². The van der Waals surface area contributed by atoms with Crippen molar-refractivity contribution in [1.29, 1.82) is 0 Å². The van der Waals surface area contributed by atoms with Crippen LogP contribution in [0.15, 0.2) is 23.2 Å². The summed E-state index contributed by atoms with van der Waals surface area (Å²) in [6.07, 6.45) is 2.06. The Hall–Kier alpha value is -1.18. The van der Waals surface area contributed by atoms with Crippen molar-refractivity contribution in [2.45, 2.75) is 44.2 Å². The topological polar surface area (TPSA) is 71.5 Å². The number of hydrogen-bond donors (Lipinski definition) is 1. The van der Waals surface area contributed by atoms with E-state index in [0.717, 1.165) is 13.0 Å². The molecule has 21 heavy (non-hydrogen) atoms. The molecule has 118 valence electrons. The minimum atomic E-state index is -3.52. The second kappa shape index (κ2) is 6.72. The molecule has 1 fully saturated rings. The first-order valence-electron chi connectivity index (χ1n) is 7.32. The van der Waals surface area contributed by atoms with Crippen LogP contribution in [0.3, 0.4) is 0 Å². The highest BCUT2D eigenvalue weighted by atomic mass is 32.2. The molecule has 0 bridgehead atoms. The largest absolute Gasteiger partial charge is 0.375 e. The number of nitrogens with zero attached hydrogens (tertiary/aromatic N) is 2. The molecule has 0 aromatic carbocycles. The molecule has 0 aliphatic carbocycles. The number of hydrogen-bond acceptors (Lipinski definition) is 5. The van der Waals surface area contributed by atoms with Gasteiger partial charge in [-0.3, -0.25) is 0 Å². The molecular weight excluding hydrogens is 290 g/mol. The molecular formula is C14H23N3O3S. The number of sulfonamides is 1. The smallest absolute Gasteiger partial charge is 0.245 e. The van der Waals surface area contributed by atoms with Gasteiger partial charge in [0, 0.05) is 25.3 Å². The molecule has 0 spiro atoms. The van der Waals surface area contributed by atoms with Crippen LogP contribution in [0, 0.1) is 0 Å². The van der Waals surface area contributed by atoms with Gasteiger partial charge in [0.25, 0.3) is 0 Å². The van der Waals surface area contributed by atoms with Crippen molar-refractivity contribution in [3.63, 3.8) is 0 Å². The maximum Gasteiger partial charge on any atom is 0.245 e. The zero-order valence-corrected chi connectivity index (χ0v) is 13.6. The number of pyridine rings is 1. The molecule has 1 saturated heterocycles. The highest BCUT2D eigenvalue weighted by Crippen LogP contribution is 2.24. The summed E-state index contributed by atoms with van der Waals surface area (Å²) >= 11 is 0. The third-order valence-electron chi connectivity index (χ3n) is 3.59. The van der Waals surface area contributed by atoms with Gasteiger partial charge in [0.15, 0.2) is 0 Å². The lowest BCUT2D eigenvalue weighted by atomic mass is 10.2. The number of nitrogens with one attached hydrogen (secondary N) is 1. The normalized spacial score (nSPS) is 24.0. The van der Waals surface area contributed by atoms with Gasteiger partial charge >= 0.3 is 0 Å². The van der Waals surface area contributed by atoms with Gasteiger partial charge in [-0.25, -0.2) is 13.4 Å². The van der Waals surface area contributed by atoms with E-state index in [4.69, 9.17) is 4.74 Å². The van der Waals surface area contributed by atoms with Gasteiger partial charge in [0.1, 0.15) is 10.7 Å². The summed E-state index contributed by atoms with van der Waals surface area (Å²) in [6.45, 7) is 7.40. The van der Waals surface area contributed by atoms with Crippen LogP contribution in [-0.4, -0.2) is 49.5 Å². The first-order chi connectivity index (χ1) is 9.98. The van der Waals surface area contributed by atoms with E-state index >= 15 is 0 Å². The zero-order valence-electron chi connectivity index (χ0n) is 12.7. The van der Waals surface area contributed by atoms with Crippen LogP contribution in [0.4, 0.5) is 5.82 Å². The number of morpholine rings is 1. The van der Waals surface area contributed by atoms with Gasteiger partial charge in [-0.1, -0.05) is 6.92 Å². The first-order valence-corrected chi connectivity index (χ1v) is 8.76. The Balaban J connectivity index is 2.26. The SMILES string of the molecule is CCNc1ccc(S(=O)(=O)N2CC(C)OCC2CC)cn1. The van der Waals surface area contributed by atoms with E-state index in [-0.39, 0.29) is 17.0 Å². The molecule has 0 amide bonds.